The van der Waals surface area contributed by atoms with Gasteiger partial charge in [-0.3, -0.25) is 4.79 Å². The van der Waals surface area contributed by atoms with E-state index in [-0.39, 0.29) is 5.91 Å². The lowest BCUT2D eigenvalue weighted by Gasteiger charge is -2.27. The molecular formula is C13H19ClN2OS. The first kappa shape index (κ1) is 13.8. The first-order valence-corrected chi connectivity index (χ1v) is 7.66. The molecule has 0 aromatic carbocycles. The van der Waals surface area contributed by atoms with Crippen molar-refractivity contribution in [1.82, 2.24) is 10.2 Å². The van der Waals surface area contributed by atoms with Gasteiger partial charge in [0.05, 0.1) is 5.02 Å². The number of aryl methyl sites for hydroxylation is 1. The molecule has 0 saturated carbocycles. The molecule has 1 amide bonds. The second-order valence-corrected chi connectivity index (χ2v) is 5.96. The Hall–Kier alpha value is -0.580. The maximum atomic E-state index is 12.6. The van der Waals surface area contributed by atoms with Crippen LogP contribution in [0.25, 0.3) is 0 Å². The van der Waals surface area contributed by atoms with Crippen LogP contribution >= 0.6 is 22.9 Å². The van der Waals surface area contributed by atoms with Crippen molar-refractivity contribution in [2.24, 2.45) is 0 Å². The van der Waals surface area contributed by atoms with Crippen LogP contribution in [0.15, 0.2) is 5.38 Å². The number of hydrogen-bond acceptors (Lipinski definition) is 3. The maximum Gasteiger partial charge on any atom is 0.265 e. The second kappa shape index (κ2) is 6.04. The van der Waals surface area contributed by atoms with Crippen molar-refractivity contribution in [3.63, 3.8) is 0 Å². The normalized spacial score (nSPS) is 19.2. The van der Waals surface area contributed by atoms with Crippen molar-refractivity contribution in [1.29, 1.82) is 0 Å². The van der Waals surface area contributed by atoms with E-state index in [2.05, 4.69) is 12.2 Å². The zero-order valence-electron chi connectivity index (χ0n) is 10.8. The van der Waals surface area contributed by atoms with Crippen molar-refractivity contribution in [3.8, 4) is 0 Å². The predicted molar refractivity (Wildman–Crippen MR) is 76.7 cm³/mol. The summed E-state index contributed by atoms with van der Waals surface area (Å²) in [6.45, 7) is 6.74. The summed E-state index contributed by atoms with van der Waals surface area (Å²) in [7, 11) is 0. The Labute approximate surface area is 117 Å². The van der Waals surface area contributed by atoms with E-state index in [1.165, 1.54) is 11.3 Å². The molecule has 1 aromatic rings. The first-order valence-electron chi connectivity index (χ1n) is 6.40. The van der Waals surface area contributed by atoms with Gasteiger partial charge < -0.3 is 10.2 Å². The molecule has 2 heterocycles. The molecule has 3 nitrogen and oxygen atoms in total. The molecule has 1 N–H and O–H groups in total. The van der Waals surface area contributed by atoms with Gasteiger partial charge in [-0.2, -0.15) is 0 Å². The van der Waals surface area contributed by atoms with Gasteiger partial charge in [-0.15, -0.1) is 11.3 Å². The zero-order valence-corrected chi connectivity index (χ0v) is 12.4. The number of amides is 1. The SMILES string of the molecule is CCCN(C(=O)c1scc(C)c1Cl)C1CCNC1. The Kier molecular flexibility index (Phi) is 4.65. The predicted octanol–water partition coefficient (Wildman–Crippen LogP) is 2.92. The standard InChI is InChI=1S/C13H19ClN2OS/c1-3-6-16(10-4-5-15-7-10)13(17)12-11(14)9(2)8-18-12/h8,10,15H,3-7H2,1-2H3. The minimum Gasteiger partial charge on any atom is -0.334 e. The minimum atomic E-state index is 0.0913. The highest BCUT2D eigenvalue weighted by atomic mass is 35.5. The minimum absolute atomic E-state index is 0.0913. The Morgan fingerprint density at radius 3 is 2.94 bits per heavy atom. The fraction of sp³-hybridized carbons (Fsp3) is 0.615. The number of halogens is 1. The van der Waals surface area contributed by atoms with E-state index >= 15 is 0 Å². The van der Waals surface area contributed by atoms with Crippen LogP contribution in [-0.4, -0.2) is 36.5 Å². The van der Waals surface area contributed by atoms with Crippen molar-refractivity contribution >= 4 is 28.8 Å². The summed E-state index contributed by atoms with van der Waals surface area (Å²) in [5, 5.41) is 5.89. The summed E-state index contributed by atoms with van der Waals surface area (Å²) in [5.41, 5.74) is 0.992. The van der Waals surface area contributed by atoms with Crippen LogP contribution in [0.5, 0.6) is 0 Å². The summed E-state index contributed by atoms with van der Waals surface area (Å²) in [5.74, 6) is 0.0913. The van der Waals surface area contributed by atoms with Crippen LogP contribution in [0.1, 0.15) is 35.0 Å². The summed E-state index contributed by atoms with van der Waals surface area (Å²) in [6, 6.07) is 0.316. The second-order valence-electron chi connectivity index (χ2n) is 4.71. The third-order valence-corrected chi connectivity index (χ3v) is 4.98. The van der Waals surface area contributed by atoms with Crippen LogP contribution in [0.3, 0.4) is 0 Å². The molecule has 1 aliphatic rings. The smallest absolute Gasteiger partial charge is 0.265 e. The zero-order chi connectivity index (χ0) is 13.1. The summed E-state index contributed by atoms with van der Waals surface area (Å²) >= 11 is 7.66. The van der Waals surface area contributed by atoms with Gasteiger partial charge in [-0.25, -0.2) is 0 Å². The van der Waals surface area contributed by atoms with Gasteiger partial charge in [0.15, 0.2) is 0 Å². The molecule has 2 rings (SSSR count). The molecule has 5 heteroatoms. The average molecular weight is 287 g/mol. The van der Waals surface area contributed by atoms with Crippen molar-refractivity contribution < 1.29 is 4.79 Å². The molecule has 1 aromatic heterocycles. The van der Waals surface area contributed by atoms with Gasteiger partial charge >= 0.3 is 0 Å². The number of carbonyl (C=O) groups excluding carboxylic acids is 1. The maximum absolute atomic E-state index is 12.6. The quantitative estimate of drug-likeness (QED) is 0.923. The van der Waals surface area contributed by atoms with Gasteiger partial charge in [0.25, 0.3) is 5.91 Å². The lowest BCUT2D eigenvalue weighted by atomic mass is 10.2. The molecule has 18 heavy (non-hydrogen) atoms. The van der Waals surface area contributed by atoms with Crippen molar-refractivity contribution in [2.45, 2.75) is 32.7 Å². The Morgan fingerprint density at radius 2 is 2.44 bits per heavy atom. The van der Waals surface area contributed by atoms with E-state index in [9.17, 15) is 4.79 Å². The Bertz CT molecular complexity index is 427. The van der Waals surface area contributed by atoms with E-state index in [0.29, 0.717) is 15.9 Å². The molecule has 1 unspecified atom stereocenters. The van der Waals surface area contributed by atoms with Crippen LogP contribution < -0.4 is 5.32 Å². The van der Waals surface area contributed by atoms with E-state index in [1.54, 1.807) is 0 Å². The van der Waals surface area contributed by atoms with Crippen LogP contribution in [0, 0.1) is 6.92 Å². The Morgan fingerprint density at radius 1 is 1.67 bits per heavy atom. The molecule has 100 valence electrons. The monoisotopic (exact) mass is 286 g/mol. The van der Waals surface area contributed by atoms with Crippen LogP contribution in [0.2, 0.25) is 5.02 Å². The first-order chi connectivity index (χ1) is 8.65. The third kappa shape index (κ3) is 2.71. The molecular weight excluding hydrogens is 268 g/mol. The highest BCUT2D eigenvalue weighted by Crippen LogP contribution is 2.29. The van der Waals surface area contributed by atoms with Crippen LogP contribution in [-0.2, 0) is 0 Å². The van der Waals surface area contributed by atoms with Gasteiger partial charge in [-0.1, -0.05) is 18.5 Å². The summed E-state index contributed by atoms with van der Waals surface area (Å²) < 4.78 is 0. The summed E-state index contributed by atoms with van der Waals surface area (Å²) in [6.07, 6.45) is 2.01. The number of carbonyl (C=O) groups is 1. The number of hydrogen-bond donors (Lipinski definition) is 1. The van der Waals surface area contributed by atoms with Gasteiger partial charge in [0, 0.05) is 19.1 Å². The van der Waals surface area contributed by atoms with Gasteiger partial charge in [-0.05, 0) is 37.3 Å². The molecule has 0 radical (unpaired) electrons. The Balaban J connectivity index is 2.19. The molecule has 1 fully saturated rings. The number of nitrogens with one attached hydrogen (secondary N) is 1. The average Bonchev–Trinajstić information content (AvgIpc) is 2.98. The fourth-order valence-corrected chi connectivity index (χ4v) is 3.53. The highest BCUT2D eigenvalue weighted by molar-refractivity contribution is 7.13. The van der Waals surface area contributed by atoms with E-state index < -0.39 is 0 Å². The topological polar surface area (TPSA) is 32.3 Å². The highest BCUT2D eigenvalue weighted by Gasteiger charge is 2.28. The van der Waals surface area contributed by atoms with E-state index in [0.717, 1.165) is 38.0 Å². The molecule has 1 saturated heterocycles. The molecule has 0 spiro atoms. The van der Waals surface area contributed by atoms with Crippen molar-refractivity contribution in [2.75, 3.05) is 19.6 Å². The summed E-state index contributed by atoms with van der Waals surface area (Å²) in [4.78, 5) is 15.3. The number of nitrogens with zero attached hydrogens (tertiary/aromatic N) is 1. The van der Waals surface area contributed by atoms with Crippen LogP contribution in [0.4, 0.5) is 0 Å². The van der Waals surface area contributed by atoms with E-state index in [4.69, 9.17) is 11.6 Å². The van der Waals surface area contributed by atoms with Gasteiger partial charge in [0.2, 0.25) is 0 Å². The molecule has 1 aliphatic heterocycles. The molecule has 1 atom stereocenters. The fourth-order valence-electron chi connectivity index (χ4n) is 2.30. The lowest BCUT2D eigenvalue weighted by molar-refractivity contribution is 0.0697. The largest absolute Gasteiger partial charge is 0.334 e. The van der Waals surface area contributed by atoms with Gasteiger partial charge in [0.1, 0.15) is 4.88 Å². The molecule has 0 bridgehead atoms. The van der Waals surface area contributed by atoms with E-state index in [1.807, 2.05) is 17.2 Å². The molecule has 0 aliphatic carbocycles. The number of rotatable bonds is 4. The lowest BCUT2D eigenvalue weighted by Crippen LogP contribution is -2.41. The van der Waals surface area contributed by atoms with Crippen molar-refractivity contribution in [3.05, 3.63) is 20.8 Å². The third-order valence-electron chi connectivity index (χ3n) is 3.29. The number of thiophene rings is 1.